The summed E-state index contributed by atoms with van der Waals surface area (Å²) in [4.78, 5) is 52.7. The Hall–Kier alpha value is -7.60. The molecule has 6 aromatic rings. The van der Waals surface area contributed by atoms with Crippen molar-refractivity contribution in [1.29, 1.82) is 0 Å². The maximum atomic E-state index is 13.2. The summed E-state index contributed by atoms with van der Waals surface area (Å²) in [6, 6.07) is 48.9. The smallest absolute Gasteiger partial charge is 0.329 e. The second kappa shape index (κ2) is 22.4. The molecule has 0 saturated heterocycles. The van der Waals surface area contributed by atoms with Crippen LogP contribution in [0.25, 0.3) is 0 Å². The summed E-state index contributed by atoms with van der Waals surface area (Å²) in [5, 5.41) is 14.2. The number of nitrogens with one attached hydrogen (secondary N) is 2. The Bertz CT molecular complexity index is 2160. The predicted molar refractivity (Wildman–Crippen MR) is 225 cm³/mol. The van der Waals surface area contributed by atoms with Crippen LogP contribution in [-0.2, 0) is 54.7 Å². The number of hydrogen-bond acceptors (Lipinski definition) is 10. The van der Waals surface area contributed by atoms with Crippen LogP contribution in [0.1, 0.15) is 22.3 Å². The van der Waals surface area contributed by atoms with E-state index in [-0.39, 0.29) is 37.6 Å². The summed E-state index contributed by atoms with van der Waals surface area (Å²) < 4.78 is 22.8. The van der Waals surface area contributed by atoms with E-state index < -0.39 is 49.1 Å². The highest BCUT2D eigenvalue weighted by Gasteiger charge is 2.25. The summed E-state index contributed by atoms with van der Waals surface area (Å²) in [7, 11) is 0. The summed E-state index contributed by atoms with van der Waals surface area (Å²) in [6.07, 6.45) is 0.452. The molecular weight excluding hydrogens is 761 g/mol. The molecule has 0 saturated carbocycles. The van der Waals surface area contributed by atoms with Crippen molar-refractivity contribution in [1.82, 2.24) is 10.6 Å². The zero-order valence-corrected chi connectivity index (χ0v) is 32.7. The molecule has 12 heteroatoms. The van der Waals surface area contributed by atoms with Gasteiger partial charge < -0.3 is 29.6 Å². The van der Waals surface area contributed by atoms with Crippen molar-refractivity contribution in [3.8, 4) is 11.5 Å². The van der Waals surface area contributed by atoms with Crippen molar-refractivity contribution in [2.75, 3.05) is 13.2 Å². The number of hydrogen-bond donors (Lipinski definition) is 2. The number of rotatable bonds is 20. The minimum Gasteiger partial charge on any atom is -0.481 e. The maximum Gasteiger partial charge on any atom is 0.329 e. The topological polar surface area (TPSA) is 154 Å². The van der Waals surface area contributed by atoms with Gasteiger partial charge in [0.25, 0.3) is 11.8 Å². The number of carbonyl (C=O) groups excluding carboxylic acids is 4. The van der Waals surface area contributed by atoms with Gasteiger partial charge in [0.1, 0.15) is 48.2 Å². The lowest BCUT2D eigenvalue weighted by molar-refractivity contribution is -0.149. The lowest BCUT2D eigenvalue weighted by Gasteiger charge is -2.18. The van der Waals surface area contributed by atoms with E-state index in [1.807, 2.05) is 121 Å². The molecule has 6 rings (SSSR count). The first-order valence-electron chi connectivity index (χ1n) is 19.3. The molecule has 0 unspecified atom stereocenters. The van der Waals surface area contributed by atoms with Crippen LogP contribution in [-0.4, -0.2) is 49.1 Å². The van der Waals surface area contributed by atoms with Crippen molar-refractivity contribution < 1.29 is 38.1 Å². The van der Waals surface area contributed by atoms with Crippen LogP contribution in [0.3, 0.4) is 0 Å². The number of amides is 2. The Morgan fingerprint density at radius 2 is 0.733 bits per heavy atom. The number of carbonyl (C=O) groups is 4. The van der Waals surface area contributed by atoms with E-state index in [9.17, 15) is 19.2 Å². The molecule has 0 aromatic heterocycles. The monoisotopic (exact) mass is 804 g/mol. The fourth-order valence-electron chi connectivity index (χ4n) is 5.93. The molecular formula is C48H44N4O8. The van der Waals surface area contributed by atoms with Gasteiger partial charge in [-0.2, -0.15) is 0 Å². The van der Waals surface area contributed by atoms with Crippen LogP contribution < -0.4 is 20.1 Å². The van der Waals surface area contributed by atoms with Crippen molar-refractivity contribution in [3.05, 3.63) is 192 Å². The number of ether oxygens (including phenoxy) is 4. The van der Waals surface area contributed by atoms with Crippen molar-refractivity contribution in [2.45, 2.75) is 38.1 Å². The van der Waals surface area contributed by atoms with Crippen LogP contribution in [0, 0.1) is 0 Å². The summed E-state index contributed by atoms with van der Waals surface area (Å²) in [6.45, 7) is -0.691. The molecule has 0 heterocycles. The van der Waals surface area contributed by atoms with Gasteiger partial charge >= 0.3 is 11.9 Å². The van der Waals surface area contributed by atoms with Gasteiger partial charge in [-0.25, -0.2) is 9.59 Å². The lowest BCUT2D eigenvalue weighted by Crippen LogP contribution is -2.45. The van der Waals surface area contributed by atoms with E-state index in [0.29, 0.717) is 11.4 Å². The van der Waals surface area contributed by atoms with Crippen molar-refractivity contribution in [3.63, 3.8) is 0 Å². The molecule has 0 aliphatic heterocycles. The first-order chi connectivity index (χ1) is 29.4. The van der Waals surface area contributed by atoms with Gasteiger partial charge in [-0.1, -0.05) is 146 Å². The van der Waals surface area contributed by atoms with E-state index in [0.717, 1.165) is 22.3 Å². The minimum absolute atomic E-state index is 0.0678. The highest BCUT2D eigenvalue weighted by Crippen LogP contribution is 2.32. The molecule has 2 amide bonds. The molecule has 304 valence electrons. The van der Waals surface area contributed by atoms with Crippen LogP contribution >= 0.6 is 0 Å². The zero-order chi connectivity index (χ0) is 41.8. The van der Waals surface area contributed by atoms with Gasteiger partial charge in [-0.3, -0.25) is 9.59 Å². The van der Waals surface area contributed by atoms with Crippen LogP contribution in [0.2, 0.25) is 0 Å². The highest BCUT2D eigenvalue weighted by atomic mass is 16.5. The minimum atomic E-state index is -0.955. The van der Waals surface area contributed by atoms with Crippen molar-refractivity contribution >= 4 is 35.1 Å². The molecule has 0 radical (unpaired) electrons. The van der Waals surface area contributed by atoms with Crippen LogP contribution in [0.4, 0.5) is 11.4 Å². The molecule has 6 aromatic carbocycles. The zero-order valence-electron chi connectivity index (χ0n) is 32.7. The first kappa shape index (κ1) is 42.0. The Morgan fingerprint density at radius 1 is 0.417 bits per heavy atom. The van der Waals surface area contributed by atoms with Gasteiger partial charge in [0.2, 0.25) is 0 Å². The largest absolute Gasteiger partial charge is 0.481 e. The molecule has 0 fully saturated rings. The molecule has 12 nitrogen and oxygen atoms in total. The number of benzene rings is 6. The molecule has 2 atom stereocenters. The lowest BCUT2D eigenvalue weighted by atomic mass is 10.1. The molecule has 2 N–H and O–H groups in total. The number of para-hydroxylation sites is 2. The van der Waals surface area contributed by atoms with Crippen LogP contribution in [0.5, 0.6) is 11.5 Å². The van der Waals surface area contributed by atoms with Gasteiger partial charge in [0.15, 0.2) is 13.2 Å². The summed E-state index contributed by atoms with van der Waals surface area (Å²) >= 11 is 0. The number of nitrogens with zero attached hydrogens (tertiary/aromatic N) is 2. The molecule has 0 aliphatic rings. The molecule has 0 aliphatic carbocycles. The average molecular weight is 805 g/mol. The van der Waals surface area contributed by atoms with Crippen LogP contribution in [0.15, 0.2) is 180 Å². The van der Waals surface area contributed by atoms with Gasteiger partial charge in [-0.15, -0.1) is 10.2 Å². The Kier molecular flexibility index (Phi) is 15.7. The molecule has 0 bridgehead atoms. The fourth-order valence-corrected chi connectivity index (χ4v) is 5.93. The third kappa shape index (κ3) is 13.5. The number of azo groups is 1. The van der Waals surface area contributed by atoms with Gasteiger partial charge in [0.05, 0.1) is 0 Å². The Morgan fingerprint density at radius 3 is 1.10 bits per heavy atom. The second-order valence-electron chi connectivity index (χ2n) is 13.5. The maximum absolute atomic E-state index is 13.2. The summed E-state index contributed by atoms with van der Waals surface area (Å²) in [5.41, 5.74) is 3.99. The van der Waals surface area contributed by atoms with Crippen molar-refractivity contribution in [2.24, 2.45) is 10.2 Å². The quantitative estimate of drug-likeness (QED) is 0.0586. The fraction of sp³-hybridized carbons (Fsp3) is 0.167. The highest BCUT2D eigenvalue weighted by molar-refractivity contribution is 5.86. The van der Waals surface area contributed by atoms with E-state index in [4.69, 9.17) is 18.9 Å². The normalized spacial score (nSPS) is 11.8. The Balaban J connectivity index is 1.05. The predicted octanol–water partition coefficient (Wildman–Crippen LogP) is 7.80. The van der Waals surface area contributed by atoms with E-state index >= 15 is 0 Å². The summed E-state index contributed by atoms with van der Waals surface area (Å²) in [5.74, 6) is -1.68. The van der Waals surface area contributed by atoms with E-state index in [2.05, 4.69) is 20.9 Å². The Labute approximate surface area is 348 Å². The first-order valence-corrected chi connectivity index (χ1v) is 19.3. The third-order valence-electron chi connectivity index (χ3n) is 8.97. The molecule has 0 spiro atoms. The number of esters is 2. The molecule has 60 heavy (non-hydrogen) atoms. The van der Waals surface area contributed by atoms with Gasteiger partial charge in [-0.05, 0) is 46.5 Å². The van der Waals surface area contributed by atoms with E-state index in [1.165, 1.54) is 0 Å². The standard InChI is InChI=1S/C48H44N4O8/c53-45(49-41(29-35-17-5-1-6-18-35)47(55)59-31-37-21-9-3-10-22-37)33-57-43-27-15-13-25-39(43)51-52-40-26-14-16-28-44(40)58-34-46(54)50-42(30-36-19-7-2-8-20-36)48(56)60-32-38-23-11-4-12-24-38/h1-28,41-42H,29-34H2,(H,49,53)(H,50,54)/t41-,42-/m0/s1. The van der Waals surface area contributed by atoms with E-state index in [1.54, 1.807) is 48.5 Å². The van der Waals surface area contributed by atoms with Gasteiger partial charge in [0, 0.05) is 12.8 Å². The second-order valence-corrected chi connectivity index (χ2v) is 13.5. The third-order valence-corrected chi connectivity index (χ3v) is 8.97. The average Bonchev–Trinajstić information content (AvgIpc) is 3.29. The SMILES string of the molecule is O=C(COc1ccccc1N=Nc1ccccc1OCC(=O)N[C@@H](Cc1ccccc1)C(=O)OCc1ccccc1)N[C@@H](Cc1ccccc1)C(=O)OCc1ccccc1.